The summed E-state index contributed by atoms with van der Waals surface area (Å²) in [6.45, 7) is -0.0625. The van der Waals surface area contributed by atoms with E-state index in [1.54, 1.807) is 4.57 Å². The molecule has 2 aromatic carbocycles. The van der Waals surface area contributed by atoms with E-state index >= 15 is 0 Å². The molecule has 1 aromatic heterocycles. The number of ether oxygens (including phenoxy) is 1. The Morgan fingerprint density at radius 2 is 1.91 bits per heavy atom. The Morgan fingerprint density at radius 3 is 2.64 bits per heavy atom. The van der Waals surface area contributed by atoms with Crippen LogP contribution in [0.4, 0.5) is 5.69 Å². The minimum Gasteiger partial charge on any atom is -0.425 e. The lowest BCUT2D eigenvalue weighted by Gasteiger charge is -2.06. The Hall–Kier alpha value is -2.73. The first-order chi connectivity index (χ1) is 10.7. The molecule has 0 aliphatic rings. The summed E-state index contributed by atoms with van der Waals surface area (Å²) in [7, 11) is 0. The van der Waals surface area contributed by atoms with Crippen molar-refractivity contribution in [2.24, 2.45) is 5.18 Å². The van der Waals surface area contributed by atoms with Gasteiger partial charge in [-0.05, 0) is 53.2 Å². The van der Waals surface area contributed by atoms with Crippen LogP contribution in [0.5, 0.6) is 5.75 Å². The van der Waals surface area contributed by atoms with Crippen LogP contribution in [0.3, 0.4) is 0 Å². The Balaban J connectivity index is 1.78. The number of fused-ring (bicyclic) bond motifs is 1. The van der Waals surface area contributed by atoms with Crippen LogP contribution in [-0.2, 0) is 11.3 Å². The van der Waals surface area contributed by atoms with Gasteiger partial charge in [-0.1, -0.05) is 12.1 Å². The fourth-order valence-corrected chi connectivity index (χ4v) is 2.31. The molecule has 0 aliphatic carbocycles. The number of nitrogens with zero attached hydrogens (tertiary/aromatic N) is 3. The molecular weight excluding hydrogens is 306 g/mol. The summed E-state index contributed by atoms with van der Waals surface area (Å²) in [6.07, 6.45) is 0. The van der Waals surface area contributed by atoms with Crippen LogP contribution < -0.4 is 4.74 Å². The standard InChI is InChI=1S/C15H10ClN3O3/c16-15-17-12-3-1-2-4-13(12)19(15)9-14(20)22-11-7-5-10(18-21)6-8-11/h1-8H,9H2. The number of rotatable bonds is 4. The Kier molecular flexibility index (Phi) is 3.84. The first-order valence-electron chi connectivity index (χ1n) is 6.42. The highest BCUT2D eigenvalue weighted by atomic mass is 35.5. The monoisotopic (exact) mass is 315 g/mol. The smallest absolute Gasteiger partial charge is 0.331 e. The third kappa shape index (κ3) is 2.82. The number of hydrogen-bond acceptors (Lipinski definition) is 5. The lowest BCUT2D eigenvalue weighted by Crippen LogP contribution is -2.16. The molecular formula is C15H10ClN3O3. The minimum absolute atomic E-state index is 0.0625. The second-order valence-corrected chi connectivity index (χ2v) is 4.85. The van der Waals surface area contributed by atoms with E-state index in [1.165, 1.54) is 24.3 Å². The Morgan fingerprint density at radius 1 is 1.18 bits per heavy atom. The van der Waals surface area contributed by atoms with Gasteiger partial charge in [0.15, 0.2) is 0 Å². The molecule has 0 bridgehead atoms. The molecule has 0 saturated heterocycles. The van der Waals surface area contributed by atoms with E-state index in [-0.39, 0.29) is 17.5 Å². The van der Waals surface area contributed by atoms with E-state index in [1.807, 2.05) is 24.3 Å². The van der Waals surface area contributed by atoms with Crippen molar-refractivity contribution in [1.82, 2.24) is 9.55 Å². The van der Waals surface area contributed by atoms with Crippen LogP contribution >= 0.6 is 11.6 Å². The number of carbonyl (C=O) groups is 1. The summed E-state index contributed by atoms with van der Waals surface area (Å²) in [5, 5.41) is 3.00. The van der Waals surface area contributed by atoms with Crippen LogP contribution in [0.15, 0.2) is 53.7 Å². The quantitative estimate of drug-likeness (QED) is 0.418. The molecule has 3 rings (SSSR count). The highest BCUT2D eigenvalue weighted by Crippen LogP contribution is 2.21. The van der Waals surface area contributed by atoms with Gasteiger partial charge in [-0.25, -0.2) is 9.78 Å². The second-order valence-electron chi connectivity index (χ2n) is 4.51. The summed E-state index contributed by atoms with van der Waals surface area (Å²) < 4.78 is 6.77. The second kappa shape index (κ2) is 5.95. The first kappa shape index (κ1) is 14.2. The van der Waals surface area contributed by atoms with Gasteiger partial charge >= 0.3 is 5.97 Å². The van der Waals surface area contributed by atoms with Crippen LogP contribution in [0.2, 0.25) is 5.28 Å². The topological polar surface area (TPSA) is 73.5 Å². The summed E-state index contributed by atoms with van der Waals surface area (Å²) in [6, 6.07) is 13.3. The predicted octanol–water partition coefficient (Wildman–Crippen LogP) is 3.69. The number of benzene rings is 2. The van der Waals surface area contributed by atoms with Crippen LogP contribution in [0.1, 0.15) is 0 Å². The number of halogens is 1. The molecule has 6 nitrogen and oxygen atoms in total. The largest absolute Gasteiger partial charge is 0.425 e. The van der Waals surface area contributed by atoms with Gasteiger partial charge < -0.3 is 9.30 Å². The molecule has 0 atom stereocenters. The lowest BCUT2D eigenvalue weighted by atomic mass is 10.3. The van der Waals surface area contributed by atoms with Gasteiger partial charge in [-0.15, -0.1) is 4.91 Å². The van der Waals surface area contributed by atoms with Crippen molar-refractivity contribution < 1.29 is 9.53 Å². The summed E-state index contributed by atoms with van der Waals surface area (Å²) >= 11 is 6.05. The Bertz CT molecular complexity index is 843. The molecule has 110 valence electrons. The Labute approximate surface area is 130 Å². The zero-order valence-electron chi connectivity index (χ0n) is 11.3. The number of carbonyl (C=O) groups excluding carboxylic acids is 1. The molecule has 0 unspecified atom stereocenters. The normalized spacial score (nSPS) is 10.6. The first-order valence-corrected chi connectivity index (χ1v) is 6.80. The average Bonchev–Trinajstić information content (AvgIpc) is 2.84. The van der Waals surface area contributed by atoms with Crippen LogP contribution in [0, 0.1) is 4.91 Å². The maximum Gasteiger partial charge on any atom is 0.331 e. The van der Waals surface area contributed by atoms with Crippen molar-refractivity contribution in [3.05, 3.63) is 58.7 Å². The van der Waals surface area contributed by atoms with E-state index in [4.69, 9.17) is 16.3 Å². The van der Waals surface area contributed by atoms with E-state index < -0.39 is 5.97 Å². The summed E-state index contributed by atoms with van der Waals surface area (Å²) in [5.41, 5.74) is 1.73. The molecule has 0 fully saturated rings. The van der Waals surface area contributed by atoms with Crippen molar-refractivity contribution in [1.29, 1.82) is 0 Å². The van der Waals surface area contributed by atoms with Crippen molar-refractivity contribution >= 4 is 34.3 Å². The minimum atomic E-state index is -0.489. The summed E-state index contributed by atoms with van der Waals surface area (Å²) in [5.74, 6) is -0.158. The number of para-hydroxylation sites is 2. The molecule has 22 heavy (non-hydrogen) atoms. The van der Waals surface area contributed by atoms with Crippen molar-refractivity contribution in [2.45, 2.75) is 6.54 Å². The number of hydrogen-bond donors (Lipinski definition) is 0. The maximum absolute atomic E-state index is 12.0. The number of aromatic nitrogens is 2. The molecule has 3 aromatic rings. The zero-order chi connectivity index (χ0) is 15.5. The van der Waals surface area contributed by atoms with Gasteiger partial charge in [-0.2, -0.15) is 0 Å². The highest BCUT2D eigenvalue weighted by Gasteiger charge is 2.13. The molecule has 0 N–H and O–H groups in total. The molecule has 7 heteroatoms. The fraction of sp³-hybridized carbons (Fsp3) is 0.0667. The van der Waals surface area contributed by atoms with Crippen molar-refractivity contribution in [3.63, 3.8) is 0 Å². The van der Waals surface area contributed by atoms with E-state index in [0.29, 0.717) is 11.3 Å². The van der Waals surface area contributed by atoms with Crippen molar-refractivity contribution in [2.75, 3.05) is 0 Å². The molecule has 0 saturated carbocycles. The van der Waals surface area contributed by atoms with Gasteiger partial charge in [0.25, 0.3) is 0 Å². The molecule has 0 radical (unpaired) electrons. The maximum atomic E-state index is 12.0. The lowest BCUT2D eigenvalue weighted by molar-refractivity contribution is -0.134. The van der Waals surface area contributed by atoms with Gasteiger partial charge in [0.1, 0.15) is 18.0 Å². The average molecular weight is 316 g/mol. The molecule has 0 aliphatic heterocycles. The third-order valence-corrected chi connectivity index (χ3v) is 3.36. The molecule has 0 amide bonds. The predicted molar refractivity (Wildman–Crippen MR) is 82.3 cm³/mol. The van der Waals surface area contributed by atoms with Gasteiger partial charge in [0.2, 0.25) is 5.28 Å². The van der Waals surface area contributed by atoms with Crippen molar-refractivity contribution in [3.8, 4) is 5.75 Å². The van der Waals surface area contributed by atoms with Gasteiger partial charge in [-0.3, -0.25) is 0 Å². The van der Waals surface area contributed by atoms with Gasteiger partial charge in [0.05, 0.1) is 11.0 Å². The van der Waals surface area contributed by atoms with Crippen LogP contribution in [0.25, 0.3) is 11.0 Å². The third-order valence-electron chi connectivity index (χ3n) is 3.07. The van der Waals surface area contributed by atoms with E-state index in [9.17, 15) is 9.70 Å². The highest BCUT2D eigenvalue weighted by molar-refractivity contribution is 6.29. The zero-order valence-corrected chi connectivity index (χ0v) is 12.0. The molecule has 1 heterocycles. The van der Waals surface area contributed by atoms with Crippen LogP contribution in [-0.4, -0.2) is 15.5 Å². The summed E-state index contributed by atoms with van der Waals surface area (Å²) in [4.78, 5) is 26.5. The number of esters is 1. The molecule has 0 spiro atoms. The van der Waals surface area contributed by atoms with E-state index in [0.717, 1.165) is 5.52 Å². The fourth-order valence-electron chi connectivity index (χ4n) is 2.06. The number of imidazole rings is 1. The van der Waals surface area contributed by atoms with Gasteiger partial charge in [0, 0.05) is 0 Å². The number of nitroso groups, excluding NO2 is 1. The SMILES string of the molecule is O=Nc1ccc(OC(=O)Cn2c(Cl)nc3ccccc32)cc1. The van der Waals surface area contributed by atoms with E-state index in [2.05, 4.69) is 10.2 Å².